The highest BCUT2D eigenvalue weighted by atomic mass is 16.9. The first kappa shape index (κ1) is 14.2. The molecule has 0 aliphatic carbocycles. The minimum atomic E-state index is -0.782. The summed E-state index contributed by atoms with van der Waals surface area (Å²) in [5.41, 5.74) is 0. The van der Waals surface area contributed by atoms with E-state index < -0.39 is 42.3 Å². The third-order valence-corrected chi connectivity index (χ3v) is 3.66. The lowest BCUT2D eigenvalue weighted by Gasteiger charge is -2.36. The molecule has 0 aromatic rings. The van der Waals surface area contributed by atoms with Crippen molar-refractivity contribution >= 4 is 5.91 Å². The fourth-order valence-electron chi connectivity index (χ4n) is 2.97. The van der Waals surface area contributed by atoms with Gasteiger partial charge in [-0.25, -0.2) is 0 Å². The Morgan fingerprint density at radius 1 is 0.900 bits per heavy atom. The average Bonchev–Trinajstić information content (AvgIpc) is 2.81. The van der Waals surface area contributed by atoms with Crippen LogP contribution < -0.4 is 5.32 Å². The van der Waals surface area contributed by atoms with Crippen LogP contribution in [0.2, 0.25) is 0 Å². The van der Waals surface area contributed by atoms with Crippen molar-refractivity contribution in [3.8, 4) is 0 Å². The number of hydrogen-bond donors (Lipinski definition) is 1. The SMILES string of the molecule is CNC(=O)C1OC2OC(C)(C)OC2C2OC(C)(C)OC12. The zero-order valence-electron chi connectivity index (χ0n) is 12.3. The molecule has 20 heavy (non-hydrogen) atoms. The molecule has 3 aliphatic heterocycles. The zero-order valence-corrected chi connectivity index (χ0v) is 12.3. The van der Waals surface area contributed by atoms with Crippen molar-refractivity contribution in [1.82, 2.24) is 5.32 Å². The summed E-state index contributed by atoms with van der Waals surface area (Å²) in [6, 6.07) is 0. The molecule has 114 valence electrons. The first-order valence-electron chi connectivity index (χ1n) is 6.81. The summed E-state index contributed by atoms with van der Waals surface area (Å²) in [7, 11) is 1.56. The van der Waals surface area contributed by atoms with Gasteiger partial charge in [-0.3, -0.25) is 4.79 Å². The summed E-state index contributed by atoms with van der Waals surface area (Å²) < 4.78 is 29.0. The number of carbonyl (C=O) groups excluding carboxylic acids is 1. The average molecular weight is 287 g/mol. The minimum Gasteiger partial charge on any atom is -0.357 e. The van der Waals surface area contributed by atoms with Crippen LogP contribution in [-0.4, -0.2) is 55.2 Å². The molecule has 0 aromatic heterocycles. The molecule has 7 heteroatoms. The van der Waals surface area contributed by atoms with E-state index in [9.17, 15) is 4.79 Å². The van der Waals surface area contributed by atoms with Gasteiger partial charge in [0.25, 0.3) is 5.91 Å². The molecule has 5 unspecified atom stereocenters. The van der Waals surface area contributed by atoms with E-state index in [1.54, 1.807) is 20.9 Å². The van der Waals surface area contributed by atoms with Gasteiger partial charge in [0.15, 0.2) is 24.0 Å². The summed E-state index contributed by atoms with van der Waals surface area (Å²) in [4.78, 5) is 12.0. The Morgan fingerprint density at radius 3 is 2.10 bits per heavy atom. The fourth-order valence-corrected chi connectivity index (χ4v) is 2.97. The minimum absolute atomic E-state index is 0.256. The van der Waals surface area contributed by atoms with Gasteiger partial charge in [-0.2, -0.15) is 0 Å². The number of likely N-dealkylation sites (N-methyl/N-ethyl adjacent to an activating group) is 1. The molecule has 1 amide bonds. The smallest absolute Gasteiger partial charge is 0.251 e. The summed E-state index contributed by atoms with van der Waals surface area (Å²) >= 11 is 0. The van der Waals surface area contributed by atoms with Crippen LogP contribution >= 0.6 is 0 Å². The second kappa shape index (κ2) is 4.38. The van der Waals surface area contributed by atoms with E-state index in [1.165, 1.54) is 0 Å². The van der Waals surface area contributed by atoms with Gasteiger partial charge in [-0.15, -0.1) is 0 Å². The molecule has 3 fully saturated rings. The number of rotatable bonds is 1. The maximum absolute atomic E-state index is 12.0. The number of fused-ring (bicyclic) bond motifs is 3. The van der Waals surface area contributed by atoms with Crippen molar-refractivity contribution in [2.45, 2.75) is 70.0 Å². The highest BCUT2D eigenvalue weighted by Gasteiger charge is 2.61. The Balaban J connectivity index is 1.90. The Kier molecular flexibility index (Phi) is 3.11. The van der Waals surface area contributed by atoms with Crippen molar-refractivity contribution in [2.75, 3.05) is 7.05 Å². The van der Waals surface area contributed by atoms with Crippen molar-refractivity contribution in [3.63, 3.8) is 0 Å². The maximum atomic E-state index is 12.0. The van der Waals surface area contributed by atoms with E-state index in [0.717, 1.165) is 0 Å². The summed E-state index contributed by atoms with van der Waals surface area (Å²) in [6.45, 7) is 7.23. The topological polar surface area (TPSA) is 75.3 Å². The Bertz CT molecular complexity index is 423. The first-order chi connectivity index (χ1) is 9.22. The van der Waals surface area contributed by atoms with Crippen LogP contribution in [0, 0.1) is 0 Å². The van der Waals surface area contributed by atoms with Gasteiger partial charge < -0.3 is 29.0 Å². The Morgan fingerprint density at radius 2 is 1.45 bits per heavy atom. The number of nitrogens with one attached hydrogen (secondary N) is 1. The van der Waals surface area contributed by atoms with Gasteiger partial charge in [-0.05, 0) is 27.7 Å². The predicted octanol–water partition coefficient (Wildman–Crippen LogP) is 0.129. The normalized spacial score (nSPS) is 44.8. The summed E-state index contributed by atoms with van der Waals surface area (Å²) in [5, 5.41) is 2.58. The second-order valence-electron chi connectivity index (χ2n) is 6.20. The molecule has 1 N–H and O–H groups in total. The molecule has 3 heterocycles. The van der Waals surface area contributed by atoms with Crippen LogP contribution in [0.25, 0.3) is 0 Å². The summed E-state index contributed by atoms with van der Waals surface area (Å²) in [5.74, 6) is -1.81. The van der Waals surface area contributed by atoms with Gasteiger partial charge in [-0.1, -0.05) is 0 Å². The van der Waals surface area contributed by atoms with E-state index in [-0.39, 0.29) is 5.91 Å². The van der Waals surface area contributed by atoms with Crippen LogP contribution in [-0.2, 0) is 28.5 Å². The molecule has 0 aromatic carbocycles. The molecule has 3 aliphatic rings. The molecule has 5 atom stereocenters. The van der Waals surface area contributed by atoms with Crippen LogP contribution in [0.5, 0.6) is 0 Å². The second-order valence-corrected chi connectivity index (χ2v) is 6.20. The number of carbonyl (C=O) groups is 1. The summed E-state index contributed by atoms with van der Waals surface area (Å²) in [6.07, 6.45) is -2.72. The lowest BCUT2D eigenvalue weighted by Crippen LogP contribution is -2.59. The van der Waals surface area contributed by atoms with Gasteiger partial charge in [0.05, 0.1) is 0 Å². The monoisotopic (exact) mass is 287 g/mol. The van der Waals surface area contributed by atoms with Gasteiger partial charge >= 0.3 is 0 Å². The zero-order chi connectivity index (χ0) is 14.7. The van der Waals surface area contributed by atoms with E-state index in [1.807, 2.05) is 13.8 Å². The number of ether oxygens (including phenoxy) is 5. The molecule has 7 nitrogen and oxygen atoms in total. The lowest BCUT2D eigenvalue weighted by molar-refractivity contribution is -0.231. The number of amides is 1. The van der Waals surface area contributed by atoms with E-state index in [0.29, 0.717) is 0 Å². The van der Waals surface area contributed by atoms with Gasteiger partial charge in [0.2, 0.25) is 0 Å². The van der Waals surface area contributed by atoms with Crippen molar-refractivity contribution < 1.29 is 28.5 Å². The van der Waals surface area contributed by atoms with Crippen LogP contribution in [0.15, 0.2) is 0 Å². The maximum Gasteiger partial charge on any atom is 0.251 e. The van der Waals surface area contributed by atoms with Crippen molar-refractivity contribution in [2.24, 2.45) is 0 Å². The van der Waals surface area contributed by atoms with Crippen LogP contribution in [0.3, 0.4) is 0 Å². The standard InChI is InChI=1S/C13H21NO6/c1-12(2)17-6-7(18-12)9-11(20-13(3,4)19-9)16-8(6)10(15)14-5/h6-9,11H,1-5H3,(H,14,15). The molecular formula is C13H21NO6. The third kappa shape index (κ3) is 2.23. The highest BCUT2D eigenvalue weighted by Crippen LogP contribution is 2.44. The molecule has 0 saturated carbocycles. The van der Waals surface area contributed by atoms with Crippen LogP contribution in [0.1, 0.15) is 27.7 Å². The predicted molar refractivity (Wildman–Crippen MR) is 66.6 cm³/mol. The first-order valence-corrected chi connectivity index (χ1v) is 6.81. The number of hydrogen-bond acceptors (Lipinski definition) is 6. The molecular weight excluding hydrogens is 266 g/mol. The molecule has 0 bridgehead atoms. The van der Waals surface area contributed by atoms with E-state index in [2.05, 4.69) is 5.32 Å². The molecule has 0 spiro atoms. The molecule has 0 radical (unpaired) electrons. The Hall–Kier alpha value is -0.730. The lowest BCUT2D eigenvalue weighted by atomic mass is 9.98. The third-order valence-electron chi connectivity index (χ3n) is 3.66. The quantitative estimate of drug-likeness (QED) is 0.739. The fraction of sp³-hybridized carbons (Fsp3) is 0.923. The molecule has 3 saturated heterocycles. The van der Waals surface area contributed by atoms with E-state index in [4.69, 9.17) is 23.7 Å². The van der Waals surface area contributed by atoms with Crippen LogP contribution in [0.4, 0.5) is 0 Å². The highest BCUT2D eigenvalue weighted by molar-refractivity contribution is 5.81. The van der Waals surface area contributed by atoms with Gasteiger partial charge in [0.1, 0.15) is 18.3 Å². The van der Waals surface area contributed by atoms with Gasteiger partial charge in [0, 0.05) is 7.05 Å². The van der Waals surface area contributed by atoms with Crippen molar-refractivity contribution in [1.29, 1.82) is 0 Å². The van der Waals surface area contributed by atoms with Crippen molar-refractivity contribution in [3.05, 3.63) is 0 Å². The molecule has 3 rings (SSSR count). The van der Waals surface area contributed by atoms with E-state index >= 15 is 0 Å². The largest absolute Gasteiger partial charge is 0.357 e. The Labute approximate surface area is 117 Å².